The average Bonchev–Trinajstić information content (AvgIpc) is 2.58. The van der Waals surface area contributed by atoms with Crippen LogP contribution < -0.4 is 10.1 Å². The number of nitrogens with one attached hydrogen (secondary N) is 1. The number of unbranched alkanes of at least 4 members (excludes halogenated alkanes) is 3. The number of benzene rings is 1. The molecule has 0 saturated heterocycles. The molecule has 1 aromatic carbocycles. The fourth-order valence-corrected chi connectivity index (χ4v) is 2.63. The Morgan fingerprint density at radius 3 is 2.25 bits per heavy atom. The number of alkyl halides is 3. The smallest absolute Gasteiger partial charge is 0.423 e. The molecule has 2 rings (SSSR count). The lowest BCUT2D eigenvalue weighted by atomic mass is 10.1. The summed E-state index contributed by atoms with van der Waals surface area (Å²) in [7, 11) is 0. The second-order valence-corrected chi connectivity index (χ2v) is 7.76. The molecule has 7 heteroatoms. The van der Waals surface area contributed by atoms with Crippen LogP contribution in [-0.2, 0) is 12.6 Å². The summed E-state index contributed by atoms with van der Waals surface area (Å²) in [5.74, 6) is -0.423. The van der Waals surface area contributed by atoms with E-state index >= 15 is 0 Å². The predicted octanol–water partition coefficient (Wildman–Crippen LogP) is 6.54. The topological polar surface area (TPSA) is 47.0 Å². The van der Waals surface area contributed by atoms with Crippen molar-refractivity contribution in [1.82, 2.24) is 9.97 Å². The molecule has 1 aromatic heterocycles. The number of anilines is 2. The molecule has 0 saturated carbocycles. The minimum atomic E-state index is -4.58. The lowest BCUT2D eigenvalue weighted by Gasteiger charge is -2.23. The number of aromatic nitrogens is 2. The zero-order chi connectivity index (χ0) is 20.8. The molecule has 0 aliphatic rings. The van der Waals surface area contributed by atoms with Crippen molar-refractivity contribution in [2.45, 2.75) is 71.6 Å². The SMILES string of the molecule is CCCCCCc1ccc(Nc2ncc(C(F)(F)F)c(OC(C)(C)C)n2)cc1. The Hall–Kier alpha value is -2.31. The Morgan fingerprint density at radius 2 is 1.68 bits per heavy atom. The standard InChI is InChI=1S/C21H28F3N3O/c1-5-6-7-8-9-15-10-12-16(13-11-15)26-19-25-14-17(21(22,23)24)18(27-19)28-20(2,3)4/h10-14H,5-9H2,1-4H3,(H,25,26,27). The number of hydrogen-bond acceptors (Lipinski definition) is 4. The molecule has 0 fully saturated rings. The van der Waals surface area contributed by atoms with Crippen molar-refractivity contribution in [2.24, 2.45) is 0 Å². The highest BCUT2D eigenvalue weighted by Gasteiger charge is 2.37. The molecule has 0 aliphatic heterocycles. The van der Waals surface area contributed by atoms with Crippen LogP contribution in [0.1, 0.15) is 64.5 Å². The molecule has 154 valence electrons. The van der Waals surface area contributed by atoms with Gasteiger partial charge in [0.2, 0.25) is 11.8 Å². The first kappa shape index (κ1) is 22.0. The van der Waals surface area contributed by atoms with Crippen LogP contribution in [0.15, 0.2) is 30.5 Å². The van der Waals surface area contributed by atoms with Crippen LogP contribution in [0.3, 0.4) is 0 Å². The van der Waals surface area contributed by atoms with Gasteiger partial charge in [-0.1, -0.05) is 38.3 Å². The maximum absolute atomic E-state index is 13.2. The Balaban J connectivity index is 2.12. The highest BCUT2D eigenvalue weighted by molar-refractivity contribution is 5.54. The predicted molar refractivity (Wildman–Crippen MR) is 105 cm³/mol. The lowest BCUT2D eigenvalue weighted by Crippen LogP contribution is -2.26. The second-order valence-electron chi connectivity index (χ2n) is 7.76. The van der Waals surface area contributed by atoms with Gasteiger partial charge in [0.25, 0.3) is 0 Å². The third kappa shape index (κ3) is 7.02. The summed E-state index contributed by atoms with van der Waals surface area (Å²) in [4.78, 5) is 7.75. The molecule has 1 heterocycles. The summed E-state index contributed by atoms with van der Waals surface area (Å²) in [5, 5.41) is 2.94. The van der Waals surface area contributed by atoms with Crippen molar-refractivity contribution in [1.29, 1.82) is 0 Å². The van der Waals surface area contributed by atoms with E-state index in [4.69, 9.17) is 4.74 Å². The molecule has 0 unspecified atom stereocenters. The zero-order valence-corrected chi connectivity index (χ0v) is 16.9. The van der Waals surface area contributed by atoms with Gasteiger partial charge in [0.05, 0.1) is 0 Å². The van der Waals surface area contributed by atoms with Crippen LogP contribution in [0.5, 0.6) is 5.88 Å². The van der Waals surface area contributed by atoms with Crippen LogP contribution in [0.4, 0.5) is 24.8 Å². The maximum Gasteiger partial charge on any atom is 0.423 e. The fourth-order valence-electron chi connectivity index (χ4n) is 2.63. The van der Waals surface area contributed by atoms with E-state index in [9.17, 15) is 13.2 Å². The van der Waals surface area contributed by atoms with Crippen LogP contribution in [0.2, 0.25) is 0 Å². The number of nitrogens with zero attached hydrogens (tertiary/aromatic N) is 2. The summed E-state index contributed by atoms with van der Waals surface area (Å²) in [5.41, 5.74) is 0.131. The minimum Gasteiger partial charge on any atom is -0.471 e. The first-order valence-electron chi connectivity index (χ1n) is 9.57. The third-order valence-corrected chi connectivity index (χ3v) is 3.99. The van der Waals surface area contributed by atoms with Crippen LogP contribution >= 0.6 is 0 Å². The minimum absolute atomic E-state index is 0.0583. The van der Waals surface area contributed by atoms with Gasteiger partial charge >= 0.3 is 6.18 Å². The van der Waals surface area contributed by atoms with Gasteiger partial charge < -0.3 is 10.1 Å². The Bertz CT molecular complexity index is 753. The van der Waals surface area contributed by atoms with Crippen LogP contribution in [0, 0.1) is 0 Å². The Morgan fingerprint density at radius 1 is 1.00 bits per heavy atom. The number of rotatable bonds is 8. The van der Waals surface area contributed by atoms with Gasteiger partial charge in [-0.3, -0.25) is 0 Å². The average molecular weight is 395 g/mol. The molecule has 28 heavy (non-hydrogen) atoms. The highest BCUT2D eigenvalue weighted by atomic mass is 19.4. The summed E-state index contributed by atoms with van der Waals surface area (Å²) < 4.78 is 45.0. The van der Waals surface area contributed by atoms with E-state index in [0.717, 1.165) is 19.0 Å². The van der Waals surface area contributed by atoms with Gasteiger partial charge in [-0.2, -0.15) is 18.2 Å². The maximum atomic E-state index is 13.2. The van der Waals surface area contributed by atoms with Crippen molar-refractivity contribution in [3.8, 4) is 5.88 Å². The van der Waals surface area contributed by atoms with E-state index in [-0.39, 0.29) is 5.95 Å². The van der Waals surface area contributed by atoms with E-state index in [2.05, 4.69) is 22.2 Å². The fraction of sp³-hybridized carbons (Fsp3) is 0.524. The van der Waals surface area contributed by atoms with Crippen LogP contribution in [0.25, 0.3) is 0 Å². The highest BCUT2D eigenvalue weighted by Crippen LogP contribution is 2.36. The molecule has 0 aliphatic carbocycles. The molecule has 2 aromatic rings. The Kier molecular flexibility index (Phi) is 7.27. The van der Waals surface area contributed by atoms with Gasteiger partial charge in [-0.25, -0.2) is 4.98 Å². The molecule has 0 amide bonds. The Labute approximate surface area is 164 Å². The van der Waals surface area contributed by atoms with Crippen molar-refractivity contribution in [3.05, 3.63) is 41.6 Å². The van der Waals surface area contributed by atoms with E-state index in [1.165, 1.54) is 24.8 Å². The number of hydrogen-bond donors (Lipinski definition) is 1. The summed E-state index contributed by atoms with van der Waals surface area (Å²) in [6.07, 6.45) is 1.99. The zero-order valence-electron chi connectivity index (χ0n) is 16.9. The molecule has 1 N–H and O–H groups in total. The van der Waals surface area contributed by atoms with Gasteiger partial charge in [-0.05, 0) is 51.3 Å². The van der Waals surface area contributed by atoms with Gasteiger partial charge in [0, 0.05) is 11.9 Å². The monoisotopic (exact) mass is 395 g/mol. The summed E-state index contributed by atoms with van der Waals surface area (Å²) in [6, 6.07) is 7.76. The quantitative estimate of drug-likeness (QED) is 0.516. The van der Waals surface area contributed by atoms with Gasteiger partial charge in [0.15, 0.2) is 0 Å². The van der Waals surface area contributed by atoms with Crippen molar-refractivity contribution < 1.29 is 17.9 Å². The first-order valence-corrected chi connectivity index (χ1v) is 9.57. The van der Waals surface area contributed by atoms with Crippen molar-refractivity contribution in [3.63, 3.8) is 0 Å². The summed E-state index contributed by atoms with van der Waals surface area (Å²) >= 11 is 0. The second kappa shape index (κ2) is 9.26. The van der Waals surface area contributed by atoms with E-state index in [0.29, 0.717) is 5.69 Å². The molecule has 0 radical (unpaired) electrons. The van der Waals surface area contributed by atoms with E-state index in [1.54, 1.807) is 20.8 Å². The first-order chi connectivity index (χ1) is 13.1. The third-order valence-electron chi connectivity index (χ3n) is 3.99. The normalized spacial score (nSPS) is 12.1. The molecular weight excluding hydrogens is 367 g/mol. The van der Waals surface area contributed by atoms with Crippen LogP contribution in [-0.4, -0.2) is 15.6 Å². The van der Waals surface area contributed by atoms with E-state index < -0.39 is 23.2 Å². The lowest BCUT2D eigenvalue weighted by molar-refractivity contribution is -0.140. The summed E-state index contributed by atoms with van der Waals surface area (Å²) in [6.45, 7) is 7.19. The number of halogens is 3. The molecule has 0 bridgehead atoms. The molecular formula is C21H28F3N3O. The van der Waals surface area contributed by atoms with Crippen molar-refractivity contribution in [2.75, 3.05) is 5.32 Å². The van der Waals surface area contributed by atoms with Gasteiger partial charge in [0.1, 0.15) is 11.2 Å². The van der Waals surface area contributed by atoms with Crippen molar-refractivity contribution >= 4 is 11.6 Å². The molecule has 0 spiro atoms. The molecule has 0 atom stereocenters. The van der Waals surface area contributed by atoms with E-state index in [1.807, 2.05) is 24.3 Å². The number of aryl methyl sites for hydroxylation is 1. The number of ether oxygens (including phenoxy) is 1. The largest absolute Gasteiger partial charge is 0.471 e. The molecule has 4 nitrogen and oxygen atoms in total. The van der Waals surface area contributed by atoms with Gasteiger partial charge in [-0.15, -0.1) is 0 Å².